The highest BCUT2D eigenvalue weighted by molar-refractivity contribution is 7.82. The second kappa shape index (κ2) is 11.0. The van der Waals surface area contributed by atoms with Gasteiger partial charge in [0.05, 0.1) is 16.7 Å². The van der Waals surface area contributed by atoms with Crippen LogP contribution < -0.4 is 9.64 Å². The van der Waals surface area contributed by atoms with E-state index in [4.69, 9.17) is 4.74 Å². The van der Waals surface area contributed by atoms with E-state index in [1.54, 1.807) is 18.2 Å². The van der Waals surface area contributed by atoms with Crippen molar-refractivity contribution in [1.82, 2.24) is 9.21 Å². The SMILES string of the molecule is CC(C)Oc1ccccc1N1CCN(C2CCC(N(C)S(=O)c3ccccc3F)CC2)CC1. The van der Waals surface area contributed by atoms with E-state index in [9.17, 15) is 8.60 Å². The molecule has 33 heavy (non-hydrogen) atoms. The Kier molecular flexibility index (Phi) is 8.04. The van der Waals surface area contributed by atoms with Gasteiger partial charge < -0.3 is 9.64 Å². The second-order valence-corrected chi connectivity index (χ2v) is 10.9. The Bertz CT molecular complexity index is 941. The number of hydrogen-bond donors (Lipinski definition) is 0. The van der Waals surface area contributed by atoms with Crippen LogP contribution in [0.3, 0.4) is 0 Å². The van der Waals surface area contributed by atoms with Gasteiger partial charge in [-0.25, -0.2) is 12.9 Å². The molecule has 1 saturated carbocycles. The quantitative estimate of drug-likeness (QED) is 0.584. The summed E-state index contributed by atoms with van der Waals surface area (Å²) in [7, 11) is 0.404. The first-order valence-corrected chi connectivity index (χ1v) is 13.2. The number of para-hydroxylation sites is 2. The molecule has 0 N–H and O–H groups in total. The first kappa shape index (κ1) is 24.2. The predicted molar refractivity (Wildman–Crippen MR) is 133 cm³/mol. The molecule has 1 unspecified atom stereocenters. The van der Waals surface area contributed by atoms with Crippen LogP contribution in [0.2, 0.25) is 0 Å². The molecular formula is C26H36FN3O2S. The van der Waals surface area contributed by atoms with Crippen LogP contribution in [0.4, 0.5) is 10.1 Å². The number of hydrogen-bond acceptors (Lipinski definition) is 4. The van der Waals surface area contributed by atoms with Crippen LogP contribution in [0.25, 0.3) is 0 Å². The molecule has 2 fully saturated rings. The number of anilines is 1. The Labute approximate surface area is 200 Å². The third kappa shape index (κ3) is 5.76. The van der Waals surface area contributed by atoms with Crippen LogP contribution in [0, 0.1) is 5.82 Å². The second-order valence-electron chi connectivity index (χ2n) is 9.35. The van der Waals surface area contributed by atoms with Gasteiger partial charge in [0.2, 0.25) is 0 Å². The van der Waals surface area contributed by atoms with Gasteiger partial charge in [-0.15, -0.1) is 0 Å². The summed E-state index contributed by atoms with van der Waals surface area (Å²) >= 11 is 0. The molecule has 0 radical (unpaired) electrons. The van der Waals surface area contributed by atoms with Gasteiger partial charge in [0, 0.05) is 45.3 Å². The maximum absolute atomic E-state index is 14.1. The maximum Gasteiger partial charge on any atom is 0.142 e. The number of rotatable bonds is 7. The fourth-order valence-corrected chi connectivity index (χ4v) is 6.29. The molecule has 2 aromatic rings. The molecule has 4 rings (SSSR count). The van der Waals surface area contributed by atoms with Crippen LogP contribution in [0.1, 0.15) is 39.5 Å². The lowest BCUT2D eigenvalue weighted by molar-refractivity contribution is 0.125. The molecule has 1 aliphatic heterocycles. The first-order chi connectivity index (χ1) is 15.9. The summed E-state index contributed by atoms with van der Waals surface area (Å²) in [6.07, 6.45) is 4.33. The predicted octanol–water partition coefficient (Wildman–Crippen LogP) is 4.70. The van der Waals surface area contributed by atoms with Gasteiger partial charge in [-0.05, 0) is 63.8 Å². The average Bonchev–Trinajstić information content (AvgIpc) is 2.84. The molecule has 0 aromatic heterocycles. The molecule has 1 heterocycles. The maximum atomic E-state index is 14.1. The molecule has 0 spiro atoms. The summed E-state index contributed by atoms with van der Waals surface area (Å²) in [6, 6.07) is 15.5. The van der Waals surface area contributed by atoms with Gasteiger partial charge in [-0.1, -0.05) is 24.3 Å². The van der Waals surface area contributed by atoms with Crippen molar-refractivity contribution in [3.63, 3.8) is 0 Å². The number of piperazine rings is 1. The van der Waals surface area contributed by atoms with E-state index >= 15 is 0 Å². The van der Waals surface area contributed by atoms with Gasteiger partial charge in [0.1, 0.15) is 22.6 Å². The van der Waals surface area contributed by atoms with Crippen LogP contribution in [0.15, 0.2) is 53.4 Å². The monoisotopic (exact) mass is 473 g/mol. The minimum atomic E-state index is -1.46. The third-order valence-corrected chi connectivity index (χ3v) is 8.39. The zero-order valence-corrected chi connectivity index (χ0v) is 20.8. The molecular weight excluding hydrogens is 437 g/mol. The molecule has 5 nitrogen and oxygen atoms in total. The molecule has 1 aliphatic carbocycles. The average molecular weight is 474 g/mol. The van der Waals surface area contributed by atoms with Crippen LogP contribution in [-0.2, 0) is 11.0 Å². The van der Waals surface area contributed by atoms with Crippen LogP contribution in [-0.4, -0.2) is 64.8 Å². The standard InChI is InChI=1S/C26H36FN3O2S/c1-20(2)32-25-10-6-5-9-24(25)30-18-16-29(17-19-30)22-14-12-21(13-15-22)28(3)33(31)26-11-7-4-8-23(26)27/h4-11,20-22H,12-19H2,1-3H3. The normalized spacial score (nSPS) is 23.2. The summed E-state index contributed by atoms with van der Waals surface area (Å²) in [5.41, 5.74) is 1.19. The van der Waals surface area contributed by atoms with Gasteiger partial charge in [0.15, 0.2) is 0 Å². The Morgan fingerprint density at radius 2 is 1.61 bits per heavy atom. The Hall–Kier alpha value is -1.96. The van der Waals surface area contributed by atoms with E-state index in [1.165, 1.54) is 11.8 Å². The molecule has 2 aromatic carbocycles. The van der Waals surface area contributed by atoms with Crippen molar-refractivity contribution in [3.05, 3.63) is 54.3 Å². The first-order valence-electron chi connectivity index (χ1n) is 12.1. The van der Waals surface area contributed by atoms with Gasteiger partial charge in [0.25, 0.3) is 0 Å². The van der Waals surface area contributed by atoms with E-state index < -0.39 is 16.8 Å². The summed E-state index contributed by atoms with van der Waals surface area (Å²) in [5, 5.41) is 0. The van der Waals surface area contributed by atoms with Gasteiger partial charge in [-0.3, -0.25) is 4.90 Å². The zero-order chi connectivity index (χ0) is 23.4. The van der Waals surface area contributed by atoms with E-state index in [0.717, 1.165) is 57.6 Å². The summed E-state index contributed by atoms with van der Waals surface area (Å²) < 4.78 is 34.8. The lowest BCUT2D eigenvalue weighted by Crippen LogP contribution is -2.52. The summed E-state index contributed by atoms with van der Waals surface area (Å²) in [5.74, 6) is 0.571. The van der Waals surface area contributed by atoms with Crippen molar-refractivity contribution < 1.29 is 13.3 Å². The van der Waals surface area contributed by atoms with Gasteiger partial charge >= 0.3 is 0 Å². The summed E-state index contributed by atoms with van der Waals surface area (Å²) in [4.78, 5) is 5.33. The Morgan fingerprint density at radius 3 is 2.27 bits per heavy atom. The molecule has 1 atom stereocenters. The number of ether oxygens (including phenoxy) is 1. The number of halogens is 1. The lowest BCUT2D eigenvalue weighted by atomic mass is 9.90. The minimum absolute atomic E-state index is 0.161. The fraction of sp³-hybridized carbons (Fsp3) is 0.538. The van der Waals surface area contributed by atoms with E-state index in [1.807, 2.05) is 17.4 Å². The molecule has 2 aliphatic rings. The van der Waals surface area contributed by atoms with Crippen LogP contribution in [0.5, 0.6) is 5.75 Å². The highest BCUT2D eigenvalue weighted by Crippen LogP contribution is 2.32. The molecule has 0 bridgehead atoms. The van der Waals surface area contributed by atoms with E-state index in [-0.39, 0.29) is 17.0 Å². The Balaban J connectivity index is 1.29. The third-order valence-electron chi connectivity index (χ3n) is 6.87. The molecule has 180 valence electrons. The number of nitrogens with zero attached hydrogens (tertiary/aromatic N) is 3. The van der Waals surface area contributed by atoms with Crippen molar-refractivity contribution in [2.45, 2.75) is 62.6 Å². The van der Waals surface area contributed by atoms with Gasteiger partial charge in [-0.2, -0.15) is 0 Å². The highest BCUT2D eigenvalue weighted by Gasteiger charge is 2.32. The van der Waals surface area contributed by atoms with Crippen molar-refractivity contribution in [1.29, 1.82) is 0 Å². The smallest absolute Gasteiger partial charge is 0.142 e. The summed E-state index contributed by atoms with van der Waals surface area (Å²) in [6.45, 7) is 8.21. The largest absolute Gasteiger partial charge is 0.489 e. The molecule has 0 amide bonds. The number of benzene rings is 2. The minimum Gasteiger partial charge on any atom is -0.489 e. The fourth-order valence-electron chi connectivity index (χ4n) is 5.06. The zero-order valence-electron chi connectivity index (χ0n) is 20.0. The van der Waals surface area contributed by atoms with Crippen LogP contribution >= 0.6 is 0 Å². The van der Waals surface area contributed by atoms with Crippen molar-refractivity contribution in [2.24, 2.45) is 0 Å². The molecule has 7 heteroatoms. The van der Waals surface area contributed by atoms with E-state index in [0.29, 0.717) is 6.04 Å². The Morgan fingerprint density at radius 1 is 0.970 bits per heavy atom. The van der Waals surface area contributed by atoms with E-state index in [2.05, 4.69) is 41.8 Å². The topological polar surface area (TPSA) is 36.0 Å². The highest BCUT2D eigenvalue weighted by atomic mass is 32.2. The lowest BCUT2D eigenvalue weighted by Gasteiger charge is -2.43. The molecule has 1 saturated heterocycles. The van der Waals surface area contributed by atoms with Crippen molar-refractivity contribution >= 4 is 16.7 Å². The van der Waals surface area contributed by atoms with Crippen molar-refractivity contribution in [2.75, 3.05) is 38.1 Å². The van der Waals surface area contributed by atoms with Crippen molar-refractivity contribution in [3.8, 4) is 5.75 Å².